The first-order chi connectivity index (χ1) is 11.3. The Kier molecular flexibility index (Phi) is 3.70. The van der Waals surface area contributed by atoms with E-state index in [0.717, 1.165) is 37.6 Å². The molecule has 2 aromatic rings. The largest absolute Gasteiger partial charge is 0.442 e. The molecule has 0 spiro atoms. The second-order valence-corrected chi connectivity index (χ2v) is 5.98. The average Bonchev–Trinajstić information content (AvgIpc) is 3.25. The van der Waals surface area contributed by atoms with Crippen LogP contribution in [0.4, 0.5) is 4.79 Å². The van der Waals surface area contributed by atoms with Crippen molar-refractivity contribution in [2.75, 3.05) is 19.6 Å². The molecule has 0 unspecified atom stereocenters. The van der Waals surface area contributed by atoms with E-state index in [-0.39, 0.29) is 18.2 Å². The van der Waals surface area contributed by atoms with E-state index < -0.39 is 0 Å². The van der Waals surface area contributed by atoms with Crippen LogP contribution in [0.15, 0.2) is 36.8 Å². The minimum atomic E-state index is -0.200. The standard InChI is InChI=1S/C16H19N5O2/c22-16-21(8-4-12-3-1-2-5-17-12)13-9-20(10-14(13)23-16)11-15-18-6-7-19-15/h1-3,5-7,13-14H,4,8-11H2,(H,18,19)/t13-,14+/m0/s1. The monoisotopic (exact) mass is 313 g/mol. The summed E-state index contributed by atoms with van der Waals surface area (Å²) in [6.45, 7) is 2.98. The molecular formula is C16H19N5O2. The highest BCUT2D eigenvalue weighted by atomic mass is 16.6. The van der Waals surface area contributed by atoms with Crippen molar-refractivity contribution in [1.29, 1.82) is 0 Å². The molecule has 0 aromatic carbocycles. The molecule has 2 atom stereocenters. The number of hydrogen-bond acceptors (Lipinski definition) is 5. The first kappa shape index (κ1) is 14.2. The van der Waals surface area contributed by atoms with Gasteiger partial charge in [0.15, 0.2) is 0 Å². The number of aromatic amines is 1. The highest BCUT2D eigenvalue weighted by Crippen LogP contribution is 2.27. The zero-order chi connectivity index (χ0) is 15.6. The Balaban J connectivity index is 1.37. The number of pyridine rings is 1. The molecule has 2 aromatic heterocycles. The summed E-state index contributed by atoms with van der Waals surface area (Å²) in [5, 5.41) is 0. The number of nitrogens with one attached hydrogen (secondary N) is 1. The maximum absolute atomic E-state index is 12.1. The summed E-state index contributed by atoms with van der Waals surface area (Å²) in [5.74, 6) is 0.941. The number of fused-ring (bicyclic) bond motifs is 1. The number of hydrogen-bond donors (Lipinski definition) is 1. The van der Waals surface area contributed by atoms with Crippen LogP contribution >= 0.6 is 0 Å². The molecule has 0 aliphatic carbocycles. The summed E-state index contributed by atoms with van der Waals surface area (Å²) in [6.07, 6.45) is 5.87. The van der Waals surface area contributed by atoms with Crippen molar-refractivity contribution in [2.24, 2.45) is 0 Å². The minimum absolute atomic E-state index is 0.0406. The van der Waals surface area contributed by atoms with Gasteiger partial charge in [-0.1, -0.05) is 6.07 Å². The van der Waals surface area contributed by atoms with E-state index in [2.05, 4.69) is 19.9 Å². The third kappa shape index (κ3) is 2.92. The summed E-state index contributed by atoms with van der Waals surface area (Å²) in [7, 11) is 0. The molecule has 23 heavy (non-hydrogen) atoms. The second kappa shape index (κ2) is 6.00. The molecule has 7 heteroatoms. The van der Waals surface area contributed by atoms with Crippen molar-refractivity contribution in [2.45, 2.75) is 25.1 Å². The van der Waals surface area contributed by atoms with Crippen LogP contribution in [0.2, 0.25) is 0 Å². The number of nitrogens with zero attached hydrogens (tertiary/aromatic N) is 4. The van der Waals surface area contributed by atoms with Gasteiger partial charge in [0.1, 0.15) is 11.9 Å². The van der Waals surface area contributed by atoms with Gasteiger partial charge in [0.05, 0.1) is 12.6 Å². The summed E-state index contributed by atoms with van der Waals surface area (Å²) in [6, 6.07) is 5.97. The molecule has 4 heterocycles. The van der Waals surface area contributed by atoms with Crippen molar-refractivity contribution in [1.82, 2.24) is 24.8 Å². The summed E-state index contributed by atoms with van der Waals surface area (Å²) < 4.78 is 5.53. The second-order valence-electron chi connectivity index (χ2n) is 5.98. The van der Waals surface area contributed by atoms with Crippen LogP contribution in [0.1, 0.15) is 11.5 Å². The van der Waals surface area contributed by atoms with Gasteiger partial charge in [0.25, 0.3) is 0 Å². The molecule has 0 radical (unpaired) electrons. The van der Waals surface area contributed by atoms with Crippen LogP contribution in [0.5, 0.6) is 0 Å². The average molecular weight is 313 g/mol. The maximum atomic E-state index is 12.1. The molecule has 4 rings (SSSR count). The molecule has 0 bridgehead atoms. The van der Waals surface area contributed by atoms with E-state index in [1.807, 2.05) is 29.3 Å². The fourth-order valence-corrected chi connectivity index (χ4v) is 3.34. The van der Waals surface area contributed by atoms with Crippen molar-refractivity contribution in [3.05, 3.63) is 48.3 Å². The van der Waals surface area contributed by atoms with E-state index in [4.69, 9.17) is 4.74 Å². The van der Waals surface area contributed by atoms with Crippen LogP contribution in [0.25, 0.3) is 0 Å². The Morgan fingerprint density at radius 1 is 1.26 bits per heavy atom. The molecule has 0 saturated carbocycles. The van der Waals surface area contributed by atoms with Crippen LogP contribution in [-0.2, 0) is 17.7 Å². The number of amides is 1. The zero-order valence-corrected chi connectivity index (χ0v) is 12.8. The Morgan fingerprint density at radius 3 is 3.00 bits per heavy atom. The number of carbonyl (C=O) groups is 1. The lowest BCUT2D eigenvalue weighted by atomic mass is 10.2. The van der Waals surface area contributed by atoms with E-state index >= 15 is 0 Å². The van der Waals surface area contributed by atoms with Gasteiger partial charge >= 0.3 is 6.09 Å². The van der Waals surface area contributed by atoms with E-state index in [1.165, 1.54) is 0 Å². The molecular weight excluding hydrogens is 294 g/mol. The van der Waals surface area contributed by atoms with Gasteiger partial charge in [-0.3, -0.25) is 14.8 Å². The third-order valence-corrected chi connectivity index (χ3v) is 4.46. The van der Waals surface area contributed by atoms with Crippen LogP contribution in [-0.4, -0.2) is 62.6 Å². The van der Waals surface area contributed by atoms with Gasteiger partial charge in [-0.2, -0.15) is 0 Å². The molecule has 2 fully saturated rings. The van der Waals surface area contributed by atoms with Gasteiger partial charge in [0, 0.05) is 50.3 Å². The lowest BCUT2D eigenvalue weighted by Gasteiger charge is -2.21. The summed E-state index contributed by atoms with van der Waals surface area (Å²) >= 11 is 0. The van der Waals surface area contributed by atoms with Crippen molar-refractivity contribution in [3.63, 3.8) is 0 Å². The van der Waals surface area contributed by atoms with Crippen LogP contribution in [0.3, 0.4) is 0 Å². The Hall–Kier alpha value is -2.41. The lowest BCUT2D eigenvalue weighted by molar-refractivity contribution is 0.120. The predicted octanol–water partition coefficient (Wildman–Crippen LogP) is 1.05. The smallest absolute Gasteiger partial charge is 0.410 e. The van der Waals surface area contributed by atoms with Crippen molar-refractivity contribution in [3.8, 4) is 0 Å². The molecule has 2 aliphatic rings. The van der Waals surface area contributed by atoms with E-state index in [1.54, 1.807) is 12.4 Å². The molecule has 1 N–H and O–H groups in total. The van der Waals surface area contributed by atoms with Gasteiger partial charge < -0.3 is 9.72 Å². The zero-order valence-electron chi connectivity index (χ0n) is 12.8. The van der Waals surface area contributed by atoms with Crippen molar-refractivity contribution >= 4 is 6.09 Å². The highest BCUT2D eigenvalue weighted by Gasteiger charge is 2.47. The number of ether oxygens (including phenoxy) is 1. The third-order valence-electron chi connectivity index (χ3n) is 4.46. The molecule has 2 aliphatic heterocycles. The fraction of sp³-hybridized carbons (Fsp3) is 0.438. The van der Waals surface area contributed by atoms with E-state index in [9.17, 15) is 4.79 Å². The first-order valence-corrected chi connectivity index (χ1v) is 7.87. The number of likely N-dealkylation sites (tertiary alicyclic amines) is 1. The Labute approximate surface area is 134 Å². The number of imidazole rings is 1. The molecule has 1 amide bonds. The molecule has 7 nitrogen and oxygen atoms in total. The predicted molar refractivity (Wildman–Crippen MR) is 82.6 cm³/mol. The number of aromatic nitrogens is 3. The van der Waals surface area contributed by atoms with E-state index in [0.29, 0.717) is 6.54 Å². The topological polar surface area (TPSA) is 74.3 Å². The fourth-order valence-electron chi connectivity index (χ4n) is 3.34. The normalized spacial score (nSPS) is 24.0. The van der Waals surface area contributed by atoms with Gasteiger partial charge in [-0.15, -0.1) is 0 Å². The van der Waals surface area contributed by atoms with Gasteiger partial charge in [-0.05, 0) is 12.1 Å². The van der Waals surface area contributed by atoms with Crippen LogP contribution < -0.4 is 0 Å². The lowest BCUT2D eigenvalue weighted by Crippen LogP contribution is -2.39. The number of H-pyrrole nitrogens is 1. The SMILES string of the molecule is O=C1O[C@@H]2CN(Cc3ncc[nH]3)C[C@@H]2N1CCc1ccccn1. The minimum Gasteiger partial charge on any atom is -0.442 e. The number of carbonyl (C=O) groups excluding carboxylic acids is 1. The quantitative estimate of drug-likeness (QED) is 0.893. The number of rotatable bonds is 5. The van der Waals surface area contributed by atoms with Gasteiger partial charge in [-0.25, -0.2) is 9.78 Å². The Bertz CT molecular complexity index is 660. The molecule has 2 saturated heterocycles. The highest BCUT2D eigenvalue weighted by molar-refractivity contribution is 5.71. The first-order valence-electron chi connectivity index (χ1n) is 7.87. The summed E-state index contributed by atoms with van der Waals surface area (Å²) in [5.41, 5.74) is 0.995. The summed E-state index contributed by atoms with van der Waals surface area (Å²) in [4.78, 5) is 27.9. The maximum Gasteiger partial charge on any atom is 0.410 e. The molecule has 120 valence electrons. The van der Waals surface area contributed by atoms with Crippen molar-refractivity contribution < 1.29 is 9.53 Å². The van der Waals surface area contributed by atoms with Gasteiger partial charge in [0.2, 0.25) is 0 Å². The Morgan fingerprint density at radius 2 is 2.22 bits per heavy atom. The van der Waals surface area contributed by atoms with Crippen LogP contribution in [0, 0.1) is 0 Å².